The number of para-hydroxylation sites is 1. The number of benzene rings is 1. The van der Waals surface area contributed by atoms with Crippen molar-refractivity contribution in [3.8, 4) is 0 Å². The van der Waals surface area contributed by atoms with E-state index in [0.29, 0.717) is 19.5 Å². The van der Waals surface area contributed by atoms with Gasteiger partial charge in [0.25, 0.3) is 0 Å². The minimum absolute atomic E-state index is 0.0189. The van der Waals surface area contributed by atoms with Gasteiger partial charge in [-0.2, -0.15) is 0 Å². The molecule has 3 N–H and O–H groups in total. The first-order valence-corrected chi connectivity index (χ1v) is 7.51. The van der Waals surface area contributed by atoms with E-state index in [1.807, 2.05) is 38.1 Å². The minimum atomic E-state index is -0.168. The lowest BCUT2D eigenvalue weighted by atomic mass is 10.0. The van der Waals surface area contributed by atoms with Gasteiger partial charge in [0.1, 0.15) is 0 Å². The van der Waals surface area contributed by atoms with E-state index < -0.39 is 0 Å². The number of rotatable bonds is 6. The fourth-order valence-corrected chi connectivity index (χ4v) is 2.39. The fourth-order valence-electron chi connectivity index (χ4n) is 2.39. The molecule has 0 aliphatic carbocycles. The highest BCUT2D eigenvalue weighted by atomic mass is 16.2. The monoisotopic (exact) mass is 289 g/mol. The van der Waals surface area contributed by atoms with Crippen molar-refractivity contribution in [3.63, 3.8) is 0 Å². The number of anilines is 1. The molecule has 21 heavy (non-hydrogen) atoms. The lowest BCUT2D eigenvalue weighted by molar-refractivity contribution is -0.123. The van der Waals surface area contributed by atoms with Crippen LogP contribution in [0.25, 0.3) is 0 Å². The van der Waals surface area contributed by atoms with E-state index in [1.54, 1.807) is 0 Å². The zero-order valence-corrected chi connectivity index (χ0v) is 12.6. The molecule has 2 amide bonds. The molecule has 114 valence electrons. The Balaban J connectivity index is 1.77. The lowest BCUT2D eigenvalue weighted by Gasteiger charge is -2.13. The average Bonchev–Trinajstić information content (AvgIpc) is 2.91. The Kier molecular flexibility index (Phi) is 5.20. The van der Waals surface area contributed by atoms with Gasteiger partial charge >= 0.3 is 0 Å². The summed E-state index contributed by atoms with van der Waals surface area (Å²) in [5.41, 5.74) is 2.05. The van der Waals surface area contributed by atoms with Crippen molar-refractivity contribution in [2.75, 3.05) is 18.4 Å². The maximum Gasteiger partial charge on any atom is 0.229 e. The largest absolute Gasteiger partial charge is 0.384 e. The number of amides is 2. The molecule has 2 unspecified atom stereocenters. The van der Waals surface area contributed by atoms with Gasteiger partial charge in [0.15, 0.2) is 0 Å². The molecule has 1 aromatic carbocycles. The van der Waals surface area contributed by atoms with Crippen molar-refractivity contribution >= 4 is 17.5 Å². The molecular weight excluding hydrogens is 266 g/mol. The lowest BCUT2D eigenvalue weighted by Crippen LogP contribution is -2.36. The Bertz CT molecular complexity index is 516. The zero-order chi connectivity index (χ0) is 15.2. The second-order valence-electron chi connectivity index (χ2n) is 5.44. The van der Waals surface area contributed by atoms with E-state index in [0.717, 1.165) is 17.7 Å². The first kappa shape index (κ1) is 15.4. The quantitative estimate of drug-likeness (QED) is 0.745. The van der Waals surface area contributed by atoms with Crippen LogP contribution in [0.15, 0.2) is 24.3 Å². The number of hydrogen-bond donors (Lipinski definition) is 3. The predicted molar refractivity (Wildman–Crippen MR) is 83.2 cm³/mol. The first-order valence-electron chi connectivity index (χ1n) is 7.51. The third-order valence-corrected chi connectivity index (χ3v) is 3.82. The summed E-state index contributed by atoms with van der Waals surface area (Å²) in [6.07, 6.45) is 1.22. The molecule has 2 rings (SSSR count). The van der Waals surface area contributed by atoms with E-state index in [-0.39, 0.29) is 23.8 Å². The van der Waals surface area contributed by atoms with E-state index >= 15 is 0 Å². The van der Waals surface area contributed by atoms with Gasteiger partial charge in [-0.3, -0.25) is 9.59 Å². The highest BCUT2D eigenvalue weighted by Crippen LogP contribution is 2.30. The van der Waals surface area contributed by atoms with E-state index in [9.17, 15) is 9.59 Å². The molecule has 0 fully saturated rings. The van der Waals surface area contributed by atoms with Gasteiger partial charge in [-0.1, -0.05) is 25.1 Å². The van der Waals surface area contributed by atoms with Crippen LogP contribution in [0, 0.1) is 0 Å². The van der Waals surface area contributed by atoms with E-state index in [4.69, 9.17) is 0 Å². The van der Waals surface area contributed by atoms with Gasteiger partial charge in [0, 0.05) is 31.2 Å². The summed E-state index contributed by atoms with van der Waals surface area (Å²) in [6, 6.07) is 8.01. The molecule has 1 aromatic rings. The molecule has 0 aromatic heterocycles. The normalized spacial score (nSPS) is 17.5. The SMILES string of the molecule is CCC(C)NC(=O)CCNC(=O)C1CNc2ccccc21. The van der Waals surface area contributed by atoms with Crippen molar-refractivity contribution in [3.05, 3.63) is 29.8 Å². The van der Waals surface area contributed by atoms with E-state index in [2.05, 4.69) is 16.0 Å². The number of carbonyl (C=O) groups is 2. The maximum atomic E-state index is 12.2. The van der Waals surface area contributed by atoms with Crippen LogP contribution >= 0.6 is 0 Å². The Hall–Kier alpha value is -2.04. The van der Waals surface area contributed by atoms with Crippen molar-refractivity contribution in [1.29, 1.82) is 0 Å². The Labute approximate surface area is 125 Å². The second-order valence-corrected chi connectivity index (χ2v) is 5.44. The topological polar surface area (TPSA) is 70.2 Å². The Morgan fingerprint density at radius 1 is 1.38 bits per heavy atom. The summed E-state index contributed by atoms with van der Waals surface area (Å²) in [5, 5.41) is 8.96. The third kappa shape index (κ3) is 3.97. The second kappa shape index (κ2) is 7.11. The molecule has 5 heteroatoms. The summed E-state index contributed by atoms with van der Waals surface area (Å²) in [7, 11) is 0. The van der Waals surface area contributed by atoms with Gasteiger partial charge in [-0.05, 0) is 25.0 Å². The van der Waals surface area contributed by atoms with Crippen molar-refractivity contribution in [2.45, 2.75) is 38.6 Å². The molecule has 0 bridgehead atoms. The Morgan fingerprint density at radius 2 is 2.14 bits per heavy atom. The molecule has 1 aliphatic rings. The standard InChI is InChI=1S/C16H23N3O2/c1-3-11(2)19-15(20)8-9-17-16(21)13-10-18-14-7-5-4-6-12(13)14/h4-7,11,13,18H,3,8-10H2,1-2H3,(H,17,21)(H,19,20). The average molecular weight is 289 g/mol. The summed E-state index contributed by atoms with van der Waals surface area (Å²) in [5.74, 6) is -0.211. The summed E-state index contributed by atoms with van der Waals surface area (Å²) < 4.78 is 0. The van der Waals surface area contributed by atoms with Crippen LogP contribution in [0.3, 0.4) is 0 Å². The van der Waals surface area contributed by atoms with Crippen LogP contribution in [0.4, 0.5) is 5.69 Å². The summed E-state index contributed by atoms with van der Waals surface area (Å²) >= 11 is 0. The smallest absolute Gasteiger partial charge is 0.229 e. The molecule has 0 radical (unpaired) electrons. The zero-order valence-electron chi connectivity index (χ0n) is 12.6. The third-order valence-electron chi connectivity index (χ3n) is 3.82. The highest BCUT2D eigenvalue weighted by molar-refractivity contribution is 5.88. The summed E-state index contributed by atoms with van der Waals surface area (Å²) in [6.45, 7) is 4.99. The molecule has 1 aliphatic heterocycles. The molecule has 2 atom stereocenters. The predicted octanol–water partition coefficient (Wildman–Crippen LogP) is 1.62. The number of nitrogens with one attached hydrogen (secondary N) is 3. The molecule has 1 heterocycles. The molecule has 0 saturated heterocycles. The molecule has 0 spiro atoms. The van der Waals surface area contributed by atoms with Crippen molar-refractivity contribution in [2.24, 2.45) is 0 Å². The molecular formula is C16H23N3O2. The van der Waals surface area contributed by atoms with Crippen LogP contribution in [0.1, 0.15) is 38.2 Å². The van der Waals surface area contributed by atoms with Crippen LogP contribution < -0.4 is 16.0 Å². The first-order chi connectivity index (χ1) is 10.1. The minimum Gasteiger partial charge on any atom is -0.384 e. The number of hydrogen-bond acceptors (Lipinski definition) is 3. The van der Waals surface area contributed by atoms with Gasteiger partial charge in [-0.15, -0.1) is 0 Å². The number of fused-ring (bicyclic) bond motifs is 1. The van der Waals surface area contributed by atoms with Crippen molar-refractivity contribution in [1.82, 2.24) is 10.6 Å². The van der Waals surface area contributed by atoms with Crippen LogP contribution in [-0.2, 0) is 9.59 Å². The van der Waals surface area contributed by atoms with Crippen LogP contribution in [-0.4, -0.2) is 30.9 Å². The van der Waals surface area contributed by atoms with Crippen LogP contribution in [0.5, 0.6) is 0 Å². The highest BCUT2D eigenvalue weighted by Gasteiger charge is 2.27. The fraction of sp³-hybridized carbons (Fsp3) is 0.500. The maximum absolute atomic E-state index is 12.2. The van der Waals surface area contributed by atoms with Gasteiger partial charge < -0.3 is 16.0 Å². The Morgan fingerprint density at radius 3 is 2.90 bits per heavy atom. The van der Waals surface area contributed by atoms with Gasteiger partial charge in [0.05, 0.1) is 5.92 Å². The molecule has 5 nitrogen and oxygen atoms in total. The van der Waals surface area contributed by atoms with Gasteiger partial charge in [0.2, 0.25) is 11.8 Å². The van der Waals surface area contributed by atoms with Crippen LogP contribution in [0.2, 0.25) is 0 Å². The van der Waals surface area contributed by atoms with Gasteiger partial charge in [-0.25, -0.2) is 0 Å². The van der Waals surface area contributed by atoms with Crippen molar-refractivity contribution < 1.29 is 9.59 Å². The van der Waals surface area contributed by atoms with E-state index in [1.165, 1.54) is 0 Å². The molecule has 0 saturated carbocycles. The summed E-state index contributed by atoms with van der Waals surface area (Å²) in [4.78, 5) is 23.8. The number of carbonyl (C=O) groups excluding carboxylic acids is 2.